The van der Waals surface area contributed by atoms with Gasteiger partial charge in [0.15, 0.2) is 0 Å². The number of hydrogen-bond donors (Lipinski definition) is 2. The fourth-order valence-electron chi connectivity index (χ4n) is 4.24. The van der Waals surface area contributed by atoms with Crippen molar-refractivity contribution in [3.05, 3.63) is 33.8 Å². The molecule has 1 aromatic rings. The zero-order valence-electron chi connectivity index (χ0n) is 15.6. The van der Waals surface area contributed by atoms with Gasteiger partial charge >= 0.3 is 0 Å². The van der Waals surface area contributed by atoms with Crippen molar-refractivity contribution >= 4 is 39.3 Å². The summed E-state index contributed by atoms with van der Waals surface area (Å²) in [5.74, 6) is 0.477. The second kappa shape index (κ2) is 7.76. The average molecular weight is 446 g/mol. The molecule has 4 rings (SSSR count). The Labute approximate surface area is 176 Å². The predicted octanol–water partition coefficient (Wildman–Crippen LogP) is 3.21. The van der Waals surface area contributed by atoms with E-state index in [-0.39, 0.29) is 17.4 Å². The predicted molar refractivity (Wildman–Crippen MR) is 110 cm³/mol. The van der Waals surface area contributed by atoms with Crippen molar-refractivity contribution in [3.63, 3.8) is 0 Å². The summed E-state index contributed by atoms with van der Waals surface area (Å²) in [5, 5.41) is 3.83. The van der Waals surface area contributed by atoms with Crippen molar-refractivity contribution in [2.45, 2.75) is 44.6 Å². The van der Waals surface area contributed by atoms with Gasteiger partial charge in [-0.05, 0) is 55.2 Å². The second-order valence-corrected chi connectivity index (χ2v) is 11.0. The van der Waals surface area contributed by atoms with E-state index in [0.29, 0.717) is 41.2 Å². The van der Waals surface area contributed by atoms with E-state index in [1.54, 1.807) is 18.2 Å². The maximum Gasteiger partial charge on any atom is 0.279 e. The highest BCUT2D eigenvalue weighted by Gasteiger charge is 2.48. The second-order valence-electron chi connectivity index (χ2n) is 8.44. The van der Waals surface area contributed by atoms with Gasteiger partial charge in [0.05, 0.1) is 10.6 Å². The van der Waals surface area contributed by atoms with Crippen LogP contribution in [0, 0.1) is 11.3 Å². The van der Waals surface area contributed by atoms with Gasteiger partial charge in [0.25, 0.3) is 16.1 Å². The molecule has 3 fully saturated rings. The lowest BCUT2D eigenvalue weighted by molar-refractivity contribution is 0.0652. The fourth-order valence-corrected chi connectivity index (χ4v) is 6.21. The van der Waals surface area contributed by atoms with Crippen molar-refractivity contribution < 1.29 is 13.2 Å². The Morgan fingerprint density at radius 1 is 1.21 bits per heavy atom. The monoisotopic (exact) mass is 445 g/mol. The first kappa shape index (κ1) is 20.4. The van der Waals surface area contributed by atoms with Crippen molar-refractivity contribution in [3.8, 4) is 0 Å². The Morgan fingerprint density at radius 2 is 1.93 bits per heavy atom. The van der Waals surface area contributed by atoms with Crippen LogP contribution in [0.2, 0.25) is 10.0 Å². The van der Waals surface area contributed by atoms with E-state index in [1.807, 2.05) is 0 Å². The molecule has 0 radical (unpaired) electrons. The lowest BCUT2D eigenvalue weighted by Crippen LogP contribution is -2.58. The Kier molecular flexibility index (Phi) is 5.66. The summed E-state index contributed by atoms with van der Waals surface area (Å²) in [5.41, 5.74) is 0.361. The quantitative estimate of drug-likeness (QED) is 0.644. The molecule has 0 aromatic heterocycles. The lowest BCUT2D eigenvalue weighted by Gasteiger charge is -2.49. The zero-order chi connectivity index (χ0) is 19.9. The molecule has 9 heteroatoms. The maximum atomic E-state index is 12.6. The molecule has 1 amide bonds. The molecule has 2 N–H and O–H groups in total. The number of hydrogen-bond acceptors (Lipinski definition) is 3. The molecule has 2 aliphatic carbocycles. The van der Waals surface area contributed by atoms with Gasteiger partial charge in [-0.15, -0.1) is 0 Å². The Bertz CT molecular complexity index is 863. The van der Waals surface area contributed by atoms with E-state index < -0.39 is 10.2 Å². The molecular formula is C19H25Cl2N3O3S. The number of nitrogens with one attached hydrogen (secondary N) is 2. The number of rotatable bonds is 8. The third kappa shape index (κ3) is 4.49. The summed E-state index contributed by atoms with van der Waals surface area (Å²) < 4.78 is 28.9. The summed E-state index contributed by atoms with van der Waals surface area (Å²) in [6, 6.07) is 4.77. The highest BCUT2D eigenvalue weighted by atomic mass is 35.5. The molecule has 2 saturated carbocycles. The van der Waals surface area contributed by atoms with E-state index in [1.165, 1.54) is 17.1 Å². The first-order chi connectivity index (χ1) is 13.3. The Hall–Kier alpha value is -0.860. The van der Waals surface area contributed by atoms with E-state index in [0.717, 1.165) is 25.7 Å². The zero-order valence-corrected chi connectivity index (χ0v) is 17.9. The first-order valence-electron chi connectivity index (χ1n) is 9.77. The van der Waals surface area contributed by atoms with E-state index in [4.69, 9.17) is 23.2 Å². The normalized spacial score (nSPS) is 27.7. The first-order valence-corrected chi connectivity index (χ1v) is 12.0. The molecule has 1 aliphatic heterocycles. The highest BCUT2D eigenvalue weighted by Crippen LogP contribution is 2.51. The van der Waals surface area contributed by atoms with Crippen LogP contribution < -0.4 is 10.0 Å². The van der Waals surface area contributed by atoms with Crippen LogP contribution in [0.4, 0.5) is 0 Å². The van der Waals surface area contributed by atoms with E-state index in [2.05, 4.69) is 10.0 Å². The smallest absolute Gasteiger partial charge is 0.279 e. The van der Waals surface area contributed by atoms with Crippen molar-refractivity contribution in [1.29, 1.82) is 0 Å². The van der Waals surface area contributed by atoms with Crippen LogP contribution >= 0.6 is 23.2 Å². The molecule has 0 atom stereocenters. The van der Waals surface area contributed by atoms with Crippen LogP contribution in [-0.4, -0.2) is 44.3 Å². The number of nitrogens with zero attached hydrogens (tertiary/aromatic N) is 1. The molecule has 1 heterocycles. The molecule has 0 spiro atoms. The minimum absolute atomic E-state index is 0.0438. The molecular weight excluding hydrogens is 421 g/mol. The number of carbonyl (C=O) groups excluding carboxylic acids is 1. The van der Waals surface area contributed by atoms with E-state index in [9.17, 15) is 13.2 Å². The largest absolute Gasteiger partial charge is 0.351 e. The molecule has 1 aromatic carbocycles. The van der Waals surface area contributed by atoms with Crippen LogP contribution in [0.5, 0.6) is 0 Å². The summed E-state index contributed by atoms with van der Waals surface area (Å²) in [6.07, 6.45) is 5.92. The van der Waals surface area contributed by atoms with Crippen molar-refractivity contribution in [2.24, 2.45) is 11.3 Å². The number of amides is 1. The van der Waals surface area contributed by atoms with Crippen molar-refractivity contribution in [2.75, 3.05) is 19.6 Å². The van der Waals surface area contributed by atoms with E-state index >= 15 is 0 Å². The van der Waals surface area contributed by atoms with Crippen LogP contribution in [0.3, 0.4) is 0 Å². The standard InChI is InChI=1S/C19H25Cl2N3O3S/c20-14-4-5-16(17(21)8-14)18(25)22-12-19(9-13-2-3-13)10-15(11-19)23-28(26,27)24-6-1-7-24/h4-5,8,13,15,23H,1-3,6-7,9-12H2,(H,22,25). The minimum atomic E-state index is -3.36. The van der Waals surface area contributed by atoms with Gasteiger partial charge in [-0.3, -0.25) is 4.79 Å². The maximum absolute atomic E-state index is 12.6. The minimum Gasteiger partial charge on any atom is -0.351 e. The topological polar surface area (TPSA) is 78.5 Å². The van der Waals surface area contributed by atoms with Gasteiger partial charge < -0.3 is 5.32 Å². The summed E-state index contributed by atoms with van der Waals surface area (Å²) >= 11 is 12.0. The Balaban J connectivity index is 1.35. The number of halogens is 2. The third-order valence-electron chi connectivity index (χ3n) is 6.05. The number of carbonyl (C=O) groups is 1. The van der Waals surface area contributed by atoms with Gasteiger partial charge in [0, 0.05) is 30.7 Å². The fraction of sp³-hybridized carbons (Fsp3) is 0.632. The average Bonchev–Trinajstić information content (AvgIpc) is 3.32. The highest BCUT2D eigenvalue weighted by molar-refractivity contribution is 7.87. The van der Waals surface area contributed by atoms with Gasteiger partial charge in [-0.1, -0.05) is 36.0 Å². The van der Waals surface area contributed by atoms with Crippen molar-refractivity contribution in [1.82, 2.24) is 14.3 Å². The summed E-state index contributed by atoms with van der Waals surface area (Å²) in [4.78, 5) is 12.6. The molecule has 28 heavy (non-hydrogen) atoms. The molecule has 1 saturated heterocycles. The summed E-state index contributed by atoms with van der Waals surface area (Å²) in [7, 11) is -3.36. The third-order valence-corrected chi connectivity index (χ3v) is 8.27. The van der Waals surface area contributed by atoms with Gasteiger partial charge in [-0.2, -0.15) is 17.4 Å². The van der Waals surface area contributed by atoms with Crippen LogP contribution in [-0.2, 0) is 10.2 Å². The summed E-state index contributed by atoms with van der Waals surface area (Å²) in [6.45, 7) is 1.74. The van der Waals surface area contributed by atoms with Crippen LogP contribution in [0.15, 0.2) is 18.2 Å². The lowest BCUT2D eigenvalue weighted by atomic mass is 9.63. The van der Waals surface area contributed by atoms with Gasteiger partial charge in [0.2, 0.25) is 0 Å². The molecule has 154 valence electrons. The molecule has 3 aliphatic rings. The number of benzene rings is 1. The SMILES string of the molecule is O=C(NCC1(CC2CC2)CC(NS(=O)(=O)N2CCC2)C1)c1ccc(Cl)cc1Cl. The molecule has 0 unspecified atom stereocenters. The van der Waals surface area contributed by atoms with Crippen LogP contribution in [0.1, 0.15) is 48.9 Å². The molecule has 0 bridgehead atoms. The van der Waals surface area contributed by atoms with Gasteiger partial charge in [-0.25, -0.2) is 0 Å². The van der Waals surface area contributed by atoms with Gasteiger partial charge in [0.1, 0.15) is 0 Å². The Morgan fingerprint density at radius 3 is 2.50 bits per heavy atom. The molecule has 6 nitrogen and oxygen atoms in total. The van der Waals surface area contributed by atoms with Crippen LogP contribution in [0.25, 0.3) is 0 Å².